The molecule has 1 aliphatic carbocycles. The number of nitrogens with two attached hydrogens (primary N) is 1. The van der Waals surface area contributed by atoms with Crippen LogP contribution < -0.4 is 11.1 Å². The van der Waals surface area contributed by atoms with Gasteiger partial charge in [0.05, 0.1) is 6.54 Å². The first-order valence-electron chi connectivity index (χ1n) is 5.05. The lowest BCUT2D eigenvalue weighted by Gasteiger charge is -2.03. The lowest BCUT2D eigenvalue weighted by molar-refractivity contribution is 0.610. The Hall–Kier alpha value is -1.58. The van der Waals surface area contributed by atoms with Crippen molar-refractivity contribution in [3.63, 3.8) is 0 Å². The van der Waals surface area contributed by atoms with E-state index in [1.54, 1.807) is 18.2 Å². The molecule has 0 spiro atoms. The van der Waals surface area contributed by atoms with E-state index in [1.807, 2.05) is 0 Å². The Morgan fingerprint density at radius 2 is 2.20 bits per heavy atom. The van der Waals surface area contributed by atoms with E-state index < -0.39 is 0 Å². The standard InChI is InChI=1S/C11H14FN3/c12-10-4-2-1-3-8(10)7-14-11(13)15-9-5-6-9/h1-4,9H,5-7H2,(H3,13,14,15). The molecule has 80 valence electrons. The summed E-state index contributed by atoms with van der Waals surface area (Å²) in [6, 6.07) is 7.07. The van der Waals surface area contributed by atoms with Crippen LogP contribution in [-0.4, -0.2) is 12.0 Å². The van der Waals surface area contributed by atoms with Gasteiger partial charge in [-0.05, 0) is 18.9 Å². The molecule has 1 fully saturated rings. The third kappa shape index (κ3) is 2.94. The summed E-state index contributed by atoms with van der Waals surface area (Å²) in [5.74, 6) is 0.168. The van der Waals surface area contributed by atoms with Gasteiger partial charge in [0, 0.05) is 11.6 Å². The van der Waals surface area contributed by atoms with Crippen molar-refractivity contribution >= 4 is 5.96 Å². The number of guanidine groups is 1. The molecule has 0 saturated heterocycles. The van der Waals surface area contributed by atoms with Crippen LogP contribution in [0.25, 0.3) is 0 Å². The first-order valence-corrected chi connectivity index (χ1v) is 5.05. The summed E-state index contributed by atoms with van der Waals surface area (Å²) in [7, 11) is 0. The maximum atomic E-state index is 13.2. The molecule has 1 aromatic carbocycles. The van der Waals surface area contributed by atoms with Gasteiger partial charge in [0.2, 0.25) is 0 Å². The maximum Gasteiger partial charge on any atom is 0.189 e. The van der Waals surface area contributed by atoms with Crippen molar-refractivity contribution in [1.29, 1.82) is 0 Å². The molecule has 3 nitrogen and oxygen atoms in total. The highest BCUT2D eigenvalue weighted by atomic mass is 19.1. The van der Waals surface area contributed by atoms with Crippen LogP contribution in [0.2, 0.25) is 0 Å². The van der Waals surface area contributed by atoms with E-state index in [0.29, 0.717) is 17.6 Å². The minimum atomic E-state index is -0.236. The van der Waals surface area contributed by atoms with Crippen LogP contribution in [0.3, 0.4) is 0 Å². The van der Waals surface area contributed by atoms with Gasteiger partial charge in [-0.1, -0.05) is 18.2 Å². The van der Waals surface area contributed by atoms with Gasteiger partial charge in [-0.15, -0.1) is 0 Å². The molecule has 0 atom stereocenters. The summed E-state index contributed by atoms with van der Waals surface area (Å²) < 4.78 is 13.2. The zero-order valence-corrected chi connectivity index (χ0v) is 8.41. The van der Waals surface area contributed by atoms with Gasteiger partial charge in [0.25, 0.3) is 0 Å². The maximum absolute atomic E-state index is 13.2. The SMILES string of the molecule is NC(=NCc1ccccc1F)NC1CC1. The zero-order chi connectivity index (χ0) is 10.7. The second-order valence-corrected chi connectivity index (χ2v) is 3.71. The quantitative estimate of drug-likeness (QED) is 0.581. The van der Waals surface area contributed by atoms with Gasteiger partial charge in [-0.3, -0.25) is 0 Å². The molecule has 1 saturated carbocycles. The Balaban J connectivity index is 1.93. The van der Waals surface area contributed by atoms with E-state index in [0.717, 1.165) is 12.8 Å². The van der Waals surface area contributed by atoms with Crippen LogP contribution >= 0.6 is 0 Å². The monoisotopic (exact) mass is 207 g/mol. The number of hydrogen-bond donors (Lipinski definition) is 2. The first-order chi connectivity index (χ1) is 7.25. The van der Waals surface area contributed by atoms with Crippen molar-refractivity contribution in [2.45, 2.75) is 25.4 Å². The lowest BCUT2D eigenvalue weighted by Crippen LogP contribution is -2.33. The lowest BCUT2D eigenvalue weighted by atomic mass is 10.2. The van der Waals surface area contributed by atoms with E-state index in [-0.39, 0.29) is 12.4 Å². The minimum absolute atomic E-state index is 0.236. The summed E-state index contributed by atoms with van der Waals surface area (Å²) in [5.41, 5.74) is 6.20. The van der Waals surface area contributed by atoms with Crippen LogP contribution in [0.5, 0.6) is 0 Å². The molecule has 4 heteroatoms. The van der Waals surface area contributed by atoms with E-state index in [4.69, 9.17) is 5.73 Å². The number of aliphatic imine (C=N–C) groups is 1. The molecule has 0 aromatic heterocycles. The summed E-state index contributed by atoms with van der Waals surface area (Å²) in [4.78, 5) is 4.08. The molecule has 2 rings (SSSR count). The van der Waals surface area contributed by atoms with E-state index in [9.17, 15) is 4.39 Å². The third-order valence-corrected chi connectivity index (χ3v) is 2.31. The van der Waals surface area contributed by atoms with Crippen molar-refractivity contribution in [3.8, 4) is 0 Å². The average Bonchev–Trinajstić information content (AvgIpc) is 3.00. The van der Waals surface area contributed by atoms with Gasteiger partial charge in [0.1, 0.15) is 5.82 Å². The molecule has 0 aliphatic heterocycles. The predicted octanol–water partition coefficient (Wildman–Crippen LogP) is 1.39. The molecule has 0 radical (unpaired) electrons. The van der Waals surface area contributed by atoms with Gasteiger partial charge >= 0.3 is 0 Å². The Morgan fingerprint density at radius 1 is 1.47 bits per heavy atom. The summed E-state index contributed by atoms with van der Waals surface area (Å²) in [6.07, 6.45) is 2.30. The second kappa shape index (κ2) is 4.29. The van der Waals surface area contributed by atoms with Crippen molar-refractivity contribution in [2.24, 2.45) is 10.7 Å². The van der Waals surface area contributed by atoms with Gasteiger partial charge in [-0.25, -0.2) is 9.38 Å². The fourth-order valence-corrected chi connectivity index (χ4v) is 1.28. The molecular formula is C11H14FN3. The molecular weight excluding hydrogens is 193 g/mol. The van der Waals surface area contributed by atoms with Gasteiger partial charge in [-0.2, -0.15) is 0 Å². The van der Waals surface area contributed by atoms with Gasteiger partial charge < -0.3 is 11.1 Å². The molecule has 0 amide bonds. The van der Waals surface area contributed by atoms with Crippen molar-refractivity contribution < 1.29 is 4.39 Å². The Morgan fingerprint density at radius 3 is 2.87 bits per heavy atom. The molecule has 0 unspecified atom stereocenters. The van der Waals surface area contributed by atoms with Crippen LogP contribution in [0.15, 0.2) is 29.3 Å². The normalized spacial score (nSPS) is 16.5. The number of hydrogen-bond acceptors (Lipinski definition) is 1. The largest absolute Gasteiger partial charge is 0.370 e. The second-order valence-electron chi connectivity index (χ2n) is 3.71. The first kappa shape index (κ1) is 9.96. The van der Waals surface area contributed by atoms with Gasteiger partial charge in [0.15, 0.2) is 5.96 Å². The highest BCUT2D eigenvalue weighted by Gasteiger charge is 2.21. The van der Waals surface area contributed by atoms with Crippen LogP contribution in [0.4, 0.5) is 4.39 Å². The smallest absolute Gasteiger partial charge is 0.189 e. The zero-order valence-electron chi connectivity index (χ0n) is 8.41. The van der Waals surface area contributed by atoms with Crippen molar-refractivity contribution in [3.05, 3.63) is 35.6 Å². The van der Waals surface area contributed by atoms with E-state index >= 15 is 0 Å². The van der Waals surface area contributed by atoms with E-state index in [1.165, 1.54) is 6.07 Å². The number of nitrogens with zero attached hydrogens (tertiary/aromatic N) is 1. The van der Waals surface area contributed by atoms with Crippen LogP contribution in [0, 0.1) is 5.82 Å². The summed E-state index contributed by atoms with van der Waals surface area (Å²) in [6.45, 7) is 0.290. The van der Waals surface area contributed by atoms with Crippen LogP contribution in [0.1, 0.15) is 18.4 Å². The van der Waals surface area contributed by atoms with Crippen molar-refractivity contribution in [2.75, 3.05) is 0 Å². The van der Waals surface area contributed by atoms with E-state index in [2.05, 4.69) is 10.3 Å². The molecule has 0 bridgehead atoms. The molecule has 15 heavy (non-hydrogen) atoms. The Kier molecular flexibility index (Phi) is 2.85. The number of halogens is 1. The Bertz CT molecular complexity index is 372. The highest BCUT2D eigenvalue weighted by Crippen LogP contribution is 2.18. The van der Waals surface area contributed by atoms with Crippen LogP contribution in [-0.2, 0) is 6.54 Å². The number of rotatable bonds is 3. The predicted molar refractivity (Wildman–Crippen MR) is 57.9 cm³/mol. The summed E-state index contributed by atoms with van der Waals surface area (Å²) in [5, 5.41) is 3.05. The minimum Gasteiger partial charge on any atom is -0.370 e. The number of nitrogens with one attached hydrogen (secondary N) is 1. The van der Waals surface area contributed by atoms with Crippen molar-refractivity contribution in [1.82, 2.24) is 5.32 Å². The fourth-order valence-electron chi connectivity index (χ4n) is 1.28. The summed E-state index contributed by atoms with van der Waals surface area (Å²) >= 11 is 0. The molecule has 3 N–H and O–H groups in total. The highest BCUT2D eigenvalue weighted by molar-refractivity contribution is 5.78. The topological polar surface area (TPSA) is 50.4 Å². The molecule has 1 aromatic rings. The number of benzene rings is 1. The molecule has 1 aliphatic rings. The molecule has 0 heterocycles. The Labute approximate surface area is 88.2 Å². The third-order valence-electron chi connectivity index (χ3n) is 2.31. The average molecular weight is 207 g/mol. The fraction of sp³-hybridized carbons (Fsp3) is 0.364.